The van der Waals surface area contributed by atoms with Crippen molar-refractivity contribution in [3.05, 3.63) is 83.4 Å². The van der Waals surface area contributed by atoms with Gasteiger partial charge in [0.15, 0.2) is 9.84 Å². The summed E-state index contributed by atoms with van der Waals surface area (Å²) >= 11 is 5.79. The van der Waals surface area contributed by atoms with E-state index < -0.39 is 27.7 Å². The second kappa shape index (κ2) is 7.85. The topological polar surface area (TPSA) is 43.4 Å². The highest BCUT2D eigenvalue weighted by Crippen LogP contribution is 2.37. The minimum absolute atomic E-state index is 0.0158. The maximum atomic E-state index is 12.8. The number of hydrogen-bond donors (Lipinski definition) is 0. The molecule has 0 atom stereocenters. The van der Waals surface area contributed by atoms with Gasteiger partial charge in [-0.2, -0.15) is 0 Å². The molecule has 0 unspecified atom stereocenters. The van der Waals surface area contributed by atoms with Gasteiger partial charge in [-0.1, -0.05) is 54.1 Å². The zero-order chi connectivity index (χ0) is 20.4. The first kappa shape index (κ1) is 20.2. The molecule has 1 radical (unpaired) electrons. The third-order valence-electron chi connectivity index (χ3n) is 3.85. The number of alkyl halides is 3. The molecule has 0 aliphatic heterocycles. The minimum Gasteiger partial charge on any atom is -0.404 e. The molecule has 0 aromatic heterocycles. The third kappa shape index (κ3) is 4.85. The average molecular weight is 426 g/mol. The second-order valence-corrected chi connectivity index (χ2v) is 8.26. The Morgan fingerprint density at radius 3 is 2.21 bits per heavy atom. The molecule has 0 bridgehead atoms. The molecule has 0 heterocycles. The molecule has 0 aliphatic rings. The highest BCUT2D eigenvalue weighted by Gasteiger charge is 2.33. The van der Waals surface area contributed by atoms with E-state index in [4.69, 9.17) is 11.6 Å². The molecule has 0 saturated carbocycles. The number of benzene rings is 3. The Hall–Kier alpha value is -2.51. The number of hydrogen-bond acceptors (Lipinski definition) is 3. The highest BCUT2D eigenvalue weighted by atomic mass is 35.5. The van der Waals surface area contributed by atoms with Crippen molar-refractivity contribution in [2.24, 2.45) is 0 Å². The van der Waals surface area contributed by atoms with Gasteiger partial charge in [0.2, 0.25) is 0 Å². The lowest BCUT2D eigenvalue weighted by Crippen LogP contribution is -2.18. The molecule has 0 fully saturated rings. The van der Waals surface area contributed by atoms with E-state index in [9.17, 15) is 21.6 Å². The Balaban J connectivity index is 2.10. The van der Waals surface area contributed by atoms with E-state index in [1.54, 1.807) is 30.3 Å². The van der Waals surface area contributed by atoms with Crippen molar-refractivity contribution in [1.29, 1.82) is 0 Å². The van der Waals surface area contributed by atoms with E-state index in [-0.39, 0.29) is 16.0 Å². The predicted molar refractivity (Wildman–Crippen MR) is 99.7 cm³/mol. The summed E-state index contributed by atoms with van der Waals surface area (Å²) in [7, 11) is -3.83. The molecule has 0 aliphatic carbocycles. The molecule has 3 nitrogen and oxygen atoms in total. The van der Waals surface area contributed by atoms with Gasteiger partial charge in [0.05, 0.1) is 10.6 Å². The van der Waals surface area contributed by atoms with Crippen LogP contribution in [0.3, 0.4) is 0 Å². The first-order valence-electron chi connectivity index (χ1n) is 7.99. The number of rotatable bonds is 5. The van der Waals surface area contributed by atoms with Crippen LogP contribution >= 0.6 is 11.6 Å². The van der Waals surface area contributed by atoms with E-state index in [0.717, 1.165) is 0 Å². The fourth-order valence-corrected chi connectivity index (χ4v) is 4.18. The zero-order valence-electron chi connectivity index (χ0n) is 14.2. The van der Waals surface area contributed by atoms with Crippen LogP contribution < -0.4 is 4.74 Å². The molecule has 0 amide bonds. The molecule has 28 heavy (non-hydrogen) atoms. The number of ether oxygens (including phenoxy) is 1. The third-order valence-corrected chi connectivity index (χ3v) is 5.78. The lowest BCUT2D eigenvalue weighted by atomic mass is 9.99. The Morgan fingerprint density at radius 2 is 1.61 bits per heavy atom. The predicted octanol–water partition coefficient (Wildman–Crippen LogP) is 5.68. The monoisotopic (exact) mass is 425 g/mol. The maximum Gasteiger partial charge on any atom is 0.573 e. The van der Waals surface area contributed by atoms with Crippen molar-refractivity contribution < 1.29 is 26.3 Å². The van der Waals surface area contributed by atoms with Crippen LogP contribution in [0, 0.1) is 6.07 Å². The standard InChI is InChI=1S/C20H13ClF3O3S/c21-16-9-11-17(12-10-16)28(25,26)13-15-7-4-8-18(27-20(22,23)24)19(15)14-5-2-1-3-6-14/h1-7,9-12H,13H2. The molecular weight excluding hydrogens is 413 g/mol. The van der Waals surface area contributed by atoms with E-state index in [0.29, 0.717) is 10.6 Å². The van der Waals surface area contributed by atoms with Crippen LogP contribution in [0.15, 0.2) is 71.6 Å². The SMILES string of the molecule is O=S(=O)(Cc1cc[c]c(OC(F)(F)F)c1-c1ccccc1)c1ccc(Cl)cc1. The Morgan fingerprint density at radius 1 is 0.964 bits per heavy atom. The van der Waals surface area contributed by atoms with Gasteiger partial charge in [0.1, 0.15) is 5.75 Å². The van der Waals surface area contributed by atoms with Crippen molar-refractivity contribution in [2.75, 3.05) is 0 Å². The van der Waals surface area contributed by atoms with Gasteiger partial charge in [-0.25, -0.2) is 8.42 Å². The quantitative estimate of drug-likeness (QED) is 0.528. The Kier molecular flexibility index (Phi) is 5.67. The van der Waals surface area contributed by atoms with Crippen LogP contribution in [0.1, 0.15) is 5.56 Å². The maximum absolute atomic E-state index is 12.8. The fourth-order valence-electron chi connectivity index (χ4n) is 2.69. The molecule has 3 rings (SSSR count). The van der Waals surface area contributed by atoms with Gasteiger partial charge < -0.3 is 4.74 Å². The number of halogens is 4. The van der Waals surface area contributed by atoms with Crippen LogP contribution in [0.2, 0.25) is 5.02 Å². The molecule has 8 heteroatoms. The lowest BCUT2D eigenvalue weighted by Gasteiger charge is -2.17. The van der Waals surface area contributed by atoms with Gasteiger partial charge >= 0.3 is 6.36 Å². The summed E-state index contributed by atoms with van der Waals surface area (Å²) in [6, 6.07) is 18.7. The normalized spacial score (nSPS) is 12.0. The zero-order valence-corrected chi connectivity index (χ0v) is 15.8. The molecule has 0 N–H and O–H groups in total. The molecular formula is C20H13ClF3O3S. The summed E-state index contributed by atoms with van der Waals surface area (Å²) < 4.78 is 68.2. The molecule has 145 valence electrons. The van der Waals surface area contributed by atoms with E-state index >= 15 is 0 Å². The smallest absolute Gasteiger partial charge is 0.404 e. The summed E-state index contributed by atoms with van der Waals surface area (Å²) in [6.07, 6.45) is -4.94. The summed E-state index contributed by atoms with van der Waals surface area (Å²) in [5.41, 5.74) is 0.581. The van der Waals surface area contributed by atoms with Gasteiger partial charge in [-0.15, -0.1) is 13.2 Å². The van der Waals surface area contributed by atoms with Gasteiger partial charge in [-0.3, -0.25) is 0 Å². The summed E-state index contributed by atoms with van der Waals surface area (Å²) in [4.78, 5) is 0.0158. The largest absolute Gasteiger partial charge is 0.573 e. The Bertz CT molecular complexity index is 1060. The summed E-state index contributed by atoms with van der Waals surface area (Å²) in [5.74, 6) is -1.09. The molecule has 0 saturated heterocycles. The van der Waals surface area contributed by atoms with Crippen LogP contribution in [0.25, 0.3) is 11.1 Å². The van der Waals surface area contributed by atoms with Crippen LogP contribution in [0.5, 0.6) is 5.75 Å². The van der Waals surface area contributed by atoms with Crippen molar-refractivity contribution in [2.45, 2.75) is 17.0 Å². The van der Waals surface area contributed by atoms with Crippen LogP contribution in [0.4, 0.5) is 13.2 Å². The first-order chi connectivity index (χ1) is 13.2. The van der Waals surface area contributed by atoms with Crippen molar-refractivity contribution in [3.63, 3.8) is 0 Å². The van der Waals surface area contributed by atoms with Gasteiger partial charge in [-0.05, 0) is 35.4 Å². The summed E-state index contributed by atoms with van der Waals surface area (Å²) in [6.45, 7) is 0. The fraction of sp³-hybridized carbons (Fsp3) is 0.100. The molecule has 3 aromatic carbocycles. The van der Waals surface area contributed by atoms with Crippen molar-refractivity contribution >= 4 is 21.4 Å². The van der Waals surface area contributed by atoms with Gasteiger partial charge in [0, 0.05) is 16.7 Å². The van der Waals surface area contributed by atoms with Crippen molar-refractivity contribution in [3.8, 4) is 16.9 Å². The molecule has 3 aromatic rings. The van der Waals surface area contributed by atoms with Gasteiger partial charge in [0.25, 0.3) is 0 Å². The van der Waals surface area contributed by atoms with Crippen LogP contribution in [-0.2, 0) is 15.6 Å². The van der Waals surface area contributed by atoms with E-state index in [1.165, 1.54) is 36.4 Å². The lowest BCUT2D eigenvalue weighted by molar-refractivity contribution is -0.274. The van der Waals surface area contributed by atoms with Crippen LogP contribution in [-0.4, -0.2) is 14.8 Å². The summed E-state index contributed by atoms with van der Waals surface area (Å²) in [5, 5.41) is 0.374. The minimum atomic E-state index is -4.94. The highest BCUT2D eigenvalue weighted by molar-refractivity contribution is 7.90. The first-order valence-corrected chi connectivity index (χ1v) is 10.0. The number of sulfone groups is 1. The van der Waals surface area contributed by atoms with E-state index in [2.05, 4.69) is 10.8 Å². The second-order valence-electron chi connectivity index (χ2n) is 5.83. The molecule has 0 spiro atoms. The van der Waals surface area contributed by atoms with Crippen molar-refractivity contribution in [1.82, 2.24) is 0 Å². The van der Waals surface area contributed by atoms with E-state index in [1.807, 2.05) is 0 Å². The Labute approximate surface area is 165 Å². The average Bonchev–Trinajstić information content (AvgIpc) is 2.61.